The second-order valence-corrected chi connectivity index (χ2v) is 5.46. The second kappa shape index (κ2) is 5.35. The van der Waals surface area contributed by atoms with Crippen molar-refractivity contribution in [1.82, 2.24) is 9.47 Å². The molecule has 4 heteroatoms. The summed E-state index contributed by atoms with van der Waals surface area (Å²) < 4.78 is 2.08. The minimum Gasteiger partial charge on any atom is -0.346 e. The first-order chi connectivity index (χ1) is 10.2. The van der Waals surface area contributed by atoms with E-state index in [9.17, 15) is 9.59 Å². The van der Waals surface area contributed by atoms with Crippen molar-refractivity contribution in [3.63, 3.8) is 0 Å². The van der Waals surface area contributed by atoms with E-state index in [4.69, 9.17) is 0 Å². The van der Waals surface area contributed by atoms with Crippen LogP contribution in [0.4, 0.5) is 0 Å². The summed E-state index contributed by atoms with van der Waals surface area (Å²) in [5.41, 5.74) is 2.37. The summed E-state index contributed by atoms with van der Waals surface area (Å²) in [7, 11) is 0. The first-order valence-corrected chi connectivity index (χ1v) is 7.61. The fourth-order valence-corrected chi connectivity index (χ4v) is 3.19. The van der Waals surface area contributed by atoms with Crippen LogP contribution in [-0.4, -0.2) is 28.5 Å². The van der Waals surface area contributed by atoms with E-state index < -0.39 is 0 Å². The van der Waals surface area contributed by atoms with E-state index in [0.29, 0.717) is 24.0 Å². The highest BCUT2D eigenvalue weighted by molar-refractivity contribution is 5.97. The van der Waals surface area contributed by atoms with E-state index in [1.54, 1.807) is 11.1 Å². The zero-order valence-electron chi connectivity index (χ0n) is 12.6. The van der Waals surface area contributed by atoms with Gasteiger partial charge in [0.1, 0.15) is 5.56 Å². The monoisotopic (exact) mass is 284 g/mol. The van der Waals surface area contributed by atoms with Crippen LogP contribution in [0.1, 0.15) is 36.2 Å². The van der Waals surface area contributed by atoms with Crippen molar-refractivity contribution in [2.45, 2.75) is 33.2 Å². The molecule has 0 radical (unpaired) electrons. The molecule has 0 spiro atoms. The topological polar surface area (TPSA) is 42.3 Å². The Morgan fingerprint density at radius 3 is 2.76 bits per heavy atom. The summed E-state index contributed by atoms with van der Waals surface area (Å²) in [5.74, 6) is -0.161. The minimum atomic E-state index is -0.161. The Kier molecular flexibility index (Phi) is 3.53. The van der Waals surface area contributed by atoms with Gasteiger partial charge in [-0.1, -0.05) is 12.1 Å². The lowest BCUT2D eigenvalue weighted by molar-refractivity contribution is 0.0771. The molecule has 2 aromatic rings. The van der Waals surface area contributed by atoms with Gasteiger partial charge < -0.3 is 9.47 Å². The van der Waals surface area contributed by atoms with Crippen LogP contribution in [0.5, 0.6) is 0 Å². The van der Waals surface area contributed by atoms with Crippen molar-refractivity contribution < 1.29 is 4.79 Å². The Labute approximate surface area is 124 Å². The third-order valence-corrected chi connectivity index (χ3v) is 4.31. The summed E-state index contributed by atoms with van der Waals surface area (Å²) in [5, 5.41) is 0.671. The van der Waals surface area contributed by atoms with Gasteiger partial charge in [0.25, 0.3) is 5.91 Å². The van der Waals surface area contributed by atoms with E-state index in [2.05, 4.69) is 10.6 Å². The number of amides is 1. The molecule has 0 aliphatic carbocycles. The van der Waals surface area contributed by atoms with E-state index in [1.165, 1.54) is 5.56 Å². The molecule has 4 nitrogen and oxygen atoms in total. The summed E-state index contributed by atoms with van der Waals surface area (Å²) in [6, 6.07) is 5.83. The number of carbonyl (C=O) groups excluding carboxylic acids is 1. The number of hydrogen-bond acceptors (Lipinski definition) is 2. The zero-order valence-corrected chi connectivity index (χ0v) is 12.6. The number of rotatable bonds is 3. The molecule has 0 N–H and O–H groups in total. The molecular formula is C17H20N2O2. The lowest BCUT2D eigenvalue weighted by Gasteiger charge is -2.23. The number of nitrogens with zero attached hydrogens (tertiary/aromatic N) is 2. The van der Waals surface area contributed by atoms with Gasteiger partial charge in [-0.3, -0.25) is 9.59 Å². The first kappa shape index (κ1) is 13.9. The molecule has 0 unspecified atom stereocenters. The smallest absolute Gasteiger partial charge is 0.259 e. The van der Waals surface area contributed by atoms with Gasteiger partial charge in [0.15, 0.2) is 0 Å². The Hall–Kier alpha value is -2.10. The quantitative estimate of drug-likeness (QED) is 0.868. The normalized spacial score (nSPS) is 13.4. The molecule has 1 amide bonds. The fourth-order valence-electron chi connectivity index (χ4n) is 3.19. The number of para-hydroxylation sites is 1. The van der Waals surface area contributed by atoms with Gasteiger partial charge in [0, 0.05) is 31.2 Å². The summed E-state index contributed by atoms with van der Waals surface area (Å²) in [4.78, 5) is 26.9. The number of aromatic nitrogens is 1. The van der Waals surface area contributed by atoms with Crippen molar-refractivity contribution in [2.24, 2.45) is 0 Å². The summed E-state index contributed by atoms with van der Waals surface area (Å²) in [6.07, 6.45) is 3.81. The van der Waals surface area contributed by atoms with Crippen LogP contribution in [0.2, 0.25) is 0 Å². The molecule has 1 aromatic heterocycles. The fraction of sp³-hybridized carbons (Fsp3) is 0.412. The number of benzene rings is 1. The number of pyridine rings is 1. The molecule has 0 fully saturated rings. The average molecular weight is 284 g/mol. The third-order valence-electron chi connectivity index (χ3n) is 4.31. The van der Waals surface area contributed by atoms with E-state index in [-0.39, 0.29) is 11.3 Å². The molecule has 21 heavy (non-hydrogen) atoms. The Balaban J connectivity index is 2.25. The van der Waals surface area contributed by atoms with Crippen LogP contribution in [0.15, 0.2) is 29.2 Å². The van der Waals surface area contributed by atoms with Crippen molar-refractivity contribution in [3.8, 4) is 0 Å². The van der Waals surface area contributed by atoms with Gasteiger partial charge in [-0.25, -0.2) is 0 Å². The molecule has 0 bridgehead atoms. The molecule has 3 rings (SSSR count). The Morgan fingerprint density at radius 1 is 1.29 bits per heavy atom. The van der Waals surface area contributed by atoms with Crippen molar-refractivity contribution in [3.05, 3.63) is 45.7 Å². The highest BCUT2D eigenvalue weighted by Crippen LogP contribution is 2.23. The van der Waals surface area contributed by atoms with E-state index >= 15 is 0 Å². The maximum absolute atomic E-state index is 12.7. The maximum Gasteiger partial charge on any atom is 0.259 e. The van der Waals surface area contributed by atoms with Gasteiger partial charge in [0.2, 0.25) is 5.43 Å². The van der Waals surface area contributed by atoms with Gasteiger partial charge in [-0.2, -0.15) is 0 Å². The van der Waals surface area contributed by atoms with Crippen molar-refractivity contribution in [2.75, 3.05) is 13.1 Å². The molecule has 0 saturated carbocycles. The molecule has 1 aliphatic rings. The van der Waals surface area contributed by atoms with Crippen LogP contribution < -0.4 is 5.43 Å². The minimum absolute atomic E-state index is 0.137. The summed E-state index contributed by atoms with van der Waals surface area (Å²) >= 11 is 0. The SMILES string of the molecule is CCN(CC)C(=O)c1cn2c3c(cccc3c1=O)CCC2. The van der Waals surface area contributed by atoms with Crippen molar-refractivity contribution >= 4 is 16.8 Å². The number of hydrogen-bond donors (Lipinski definition) is 0. The second-order valence-electron chi connectivity index (χ2n) is 5.46. The molecule has 1 aliphatic heterocycles. The average Bonchev–Trinajstić information content (AvgIpc) is 2.52. The standard InChI is InChI=1S/C17H20N2O2/c1-3-18(4-2)17(21)14-11-19-10-6-8-12-7-5-9-13(15(12)19)16(14)20/h5,7,9,11H,3-4,6,8,10H2,1-2H3. The van der Waals surface area contributed by atoms with Crippen LogP contribution in [0, 0.1) is 0 Å². The van der Waals surface area contributed by atoms with Gasteiger partial charge >= 0.3 is 0 Å². The highest BCUT2D eigenvalue weighted by Gasteiger charge is 2.21. The largest absolute Gasteiger partial charge is 0.346 e. The molecule has 1 aromatic carbocycles. The van der Waals surface area contributed by atoms with Crippen LogP contribution in [-0.2, 0) is 13.0 Å². The molecule has 2 heterocycles. The first-order valence-electron chi connectivity index (χ1n) is 7.61. The maximum atomic E-state index is 12.7. The third kappa shape index (κ3) is 2.15. The number of carbonyl (C=O) groups is 1. The molecular weight excluding hydrogens is 264 g/mol. The van der Waals surface area contributed by atoms with Crippen LogP contribution >= 0.6 is 0 Å². The highest BCUT2D eigenvalue weighted by atomic mass is 16.2. The number of aryl methyl sites for hydroxylation is 2. The lowest BCUT2D eigenvalue weighted by atomic mass is 9.99. The van der Waals surface area contributed by atoms with Crippen LogP contribution in [0.25, 0.3) is 10.9 Å². The Bertz CT molecular complexity index is 757. The molecule has 0 saturated heterocycles. The van der Waals surface area contributed by atoms with Gasteiger partial charge in [-0.05, 0) is 38.3 Å². The lowest BCUT2D eigenvalue weighted by Crippen LogP contribution is -2.35. The zero-order chi connectivity index (χ0) is 15.0. The van der Waals surface area contributed by atoms with Gasteiger partial charge in [-0.15, -0.1) is 0 Å². The van der Waals surface area contributed by atoms with Crippen LogP contribution in [0.3, 0.4) is 0 Å². The predicted octanol–water partition coefficient (Wildman–Crippen LogP) is 2.43. The molecule has 110 valence electrons. The van der Waals surface area contributed by atoms with E-state index in [0.717, 1.165) is 24.9 Å². The van der Waals surface area contributed by atoms with Crippen molar-refractivity contribution in [1.29, 1.82) is 0 Å². The predicted molar refractivity (Wildman–Crippen MR) is 83.8 cm³/mol. The Morgan fingerprint density at radius 2 is 2.05 bits per heavy atom. The molecule has 0 atom stereocenters. The van der Waals surface area contributed by atoms with Gasteiger partial charge in [0.05, 0.1) is 5.52 Å². The summed E-state index contributed by atoms with van der Waals surface area (Å²) in [6.45, 7) is 5.97. The van der Waals surface area contributed by atoms with E-state index in [1.807, 2.05) is 26.0 Å².